The van der Waals surface area contributed by atoms with Crippen LogP contribution in [0.2, 0.25) is 0 Å². The maximum absolute atomic E-state index is 5.89. The number of aromatic nitrogens is 3. The smallest absolute Gasteiger partial charge is 0.321 e. The average molecular weight is 428 g/mol. The van der Waals surface area contributed by atoms with Gasteiger partial charge in [-0.05, 0) is 24.6 Å². The van der Waals surface area contributed by atoms with Gasteiger partial charge in [0.1, 0.15) is 13.2 Å². The van der Waals surface area contributed by atoms with Crippen LogP contribution in [0.15, 0.2) is 34.5 Å². The minimum atomic E-state index is 0.258. The van der Waals surface area contributed by atoms with Gasteiger partial charge in [0.05, 0.1) is 32.1 Å². The van der Waals surface area contributed by atoms with Crippen molar-refractivity contribution < 1.29 is 14.2 Å². The molecule has 1 aromatic heterocycles. The van der Waals surface area contributed by atoms with Crippen molar-refractivity contribution in [1.29, 1.82) is 0 Å². The quantitative estimate of drug-likeness (QED) is 0.590. The van der Waals surface area contributed by atoms with Crippen LogP contribution in [-0.2, 0) is 16.0 Å². The highest BCUT2D eigenvalue weighted by atomic mass is 16.5. The van der Waals surface area contributed by atoms with Crippen LogP contribution in [0, 0.1) is 6.92 Å². The fourth-order valence-electron chi connectivity index (χ4n) is 3.39. The van der Waals surface area contributed by atoms with Crippen LogP contribution in [0.5, 0.6) is 6.01 Å². The summed E-state index contributed by atoms with van der Waals surface area (Å²) in [5, 5.41) is 8.57. The third-order valence-corrected chi connectivity index (χ3v) is 5.09. The first kappa shape index (κ1) is 21.5. The first-order valence-corrected chi connectivity index (χ1v) is 10.7. The molecular formula is C21H29N7O3. The normalized spacial score (nSPS) is 17.9. The minimum absolute atomic E-state index is 0.258. The van der Waals surface area contributed by atoms with Crippen LogP contribution >= 0.6 is 0 Å². The summed E-state index contributed by atoms with van der Waals surface area (Å²) in [5.74, 6) is 1.13. The van der Waals surface area contributed by atoms with Gasteiger partial charge in [-0.1, -0.05) is 12.1 Å². The summed E-state index contributed by atoms with van der Waals surface area (Å²) in [4.78, 5) is 18.0. The Hall–Kier alpha value is -2.69. The number of nitrogens with zero attached hydrogens (tertiary/aromatic N) is 7. The number of morpholine rings is 2. The van der Waals surface area contributed by atoms with Crippen LogP contribution < -0.4 is 9.64 Å². The second-order valence-electron chi connectivity index (χ2n) is 7.47. The Labute approximate surface area is 182 Å². The van der Waals surface area contributed by atoms with Gasteiger partial charge in [0.25, 0.3) is 0 Å². The molecule has 2 aliphatic rings. The highest BCUT2D eigenvalue weighted by molar-refractivity contribution is 5.38. The van der Waals surface area contributed by atoms with Crippen molar-refractivity contribution in [2.75, 3.05) is 70.7 Å². The Morgan fingerprint density at radius 3 is 2.55 bits per heavy atom. The van der Waals surface area contributed by atoms with E-state index in [0.29, 0.717) is 37.6 Å². The molecule has 0 bridgehead atoms. The predicted octanol–water partition coefficient (Wildman–Crippen LogP) is 2.01. The van der Waals surface area contributed by atoms with E-state index in [9.17, 15) is 0 Å². The minimum Gasteiger partial charge on any atom is -0.462 e. The second kappa shape index (κ2) is 11.1. The lowest BCUT2D eigenvalue weighted by Gasteiger charge is -2.27. The van der Waals surface area contributed by atoms with Crippen molar-refractivity contribution in [2.45, 2.75) is 13.5 Å². The van der Waals surface area contributed by atoms with Gasteiger partial charge in [-0.3, -0.25) is 4.90 Å². The number of hydrogen-bond acceptors (Lipinski definition) is 10. The van der Waals surface area contributed by atoms with Crippen LogP contribution in [0.1, 0.15) is 11.4 Å². The van der Waals surface area contributed by atoms with Gasteiger partial charge in [0.2, 0.25) is 5.95 Å². The zero-order valence-electron chi connectivity index (χ0n) is 17.9. The van der Waals surface area contributed by atoms with Gasteiger partial charge in [-0.25, -0.2) is 0 Å². The SMILES string of the molecule is Cc1cccc(N=NCc2nc(OCCN3CCOCC3)nc(N3CCOCC3)n2)c1. The van der Waals surface area contributed by atoms with Gasteiger partial charge in [0.15, 0.2) is 5.82 Å². The molecule has 31 heavy (non-hydrogen) atoms. The van der Waals surface area contributed by atoms with E-state index in [0.717, 1.165) is 57.2 Å². The van der Waals surface area contributed by atoms with Gasteiger partial charge in [-0.2, -0.15) is 25.2 Å². The summed E-state index contributed by atoms with van der Waals surface area (Å²) >= 11 is 0. The molecule has 3 heterocycles. The largest absolute Gasteiger partial charge is 0.462 e. The van der Waals surface area contributed by atoms with Crippen LogP contribution in [0.25, 0.3) is 0 Å². The number of azo groups is 1. The number of anilines is 1. The van der Waals surface area contributed by atoms with E-state index in [4.69, 9.17) is 14.2 Å². The molecule has 0 N–H and O–H groups in total. The monoisotopic (exact) mass is 427 g/mol. The fourth-order valence-corrected chi connectivity index (χ4v) is 3.39. The third-order valence-electron chi connectivity index (χ3n) is 5.09. The van der Waals surface area contributed by atoms with Crippen molar-refractivity contribution in [3.05, 3.63) is 35.7 Å². The van der Waals surface area contributed by atoms with Crippen molar-refractivity contribution in [2.24, 2.45) is 10.2 Å². The van der Waals surface area contributed by atoms with E-state index in [1.165, 1.54) is 0 Å². The zero-order valence-corrected chi connectivity index (χ0v) is 17.9. The lowest BCUT2D eigenvalue weighted by atomic mass is 10.2. The molecule has 2 saturated heterocycles. The number of hydrogen-bond donors (Lipinski definition) is 0. The molecule has 0 radical (unpaired) electrons. The van der Waals surface area contributed by atoms with Gasteiger partial charge < -0.3 is 19.1 Å². The zero-order chi connectivity index (χ0) is 21.3. The van der Waals surface area contributed by atoms with Crippen LogP contribution in [-0.4, -0.2) is 85.6 Å². The third kappa shape index (κ3) is 6.65. The second-order valence-corrected chi connectivity index (χ2v) is 7.47. The van der Waals surface area contributed by atoms with Crippen LogP contribution in [0.4, 0.5) is 11.6 Å². The van der Waals surface area contributed by atoms with Gasteiger partial charge in [-0.15, -0.1) is 0 Å². The van der Waals surface area contributed by atoms with Crippen molar-refractivity contribution >= 4 is 11.6 Å². The first-order chi connectivity index (χ1) is 15.3. The molecule has 0 spiro atoms. The lowest BCUT2D eigenvalue weighted by Crippen LogP contribution is -2.39. The number of ether oxygens (including phenoxy) is 3. The standard InChI is InChI=1S/C21H29N7O3/c1-17-3-2-4-18(15-17)26-22-16-19-23-20(28-8-12-30-13-9-28)25-21(24-19)31-14-7-27-5-10-29-11-6-27/h2-4,15H,5-14,16H2,1H3. The molecule has 2 aromatic rings. The van der Waals surface area contributed by atoms with Crippen LogP contribution in [0.3, 0.4) is 0 Å². The van der Waals surface area contributed by atoms with E-state index in [-0.39, 0.29) is 6.54 Å². The molecule has 0 aliphatic carbocycles. The van der Waals surface area contributed by atoms with Crippen molar-refractivity contribution in [1.82, 2.24) is 19.9 Å². The van der Waals surface area contributed by atoms with E-state index in [1.807, 2.05) is 31.2 Å². The lowest BCUT2D eigenvalue weighted by molar-refractivity contribution is 0.0317. The summed E-state index contributed by atoms with van der Waals surface area (Å²) in [7, 11) is 0. The number of aryl methyl sites for hydroxylation is 1. The maximum atomic E-state index is 5.89. The molecule has 0 atom stereocenters. The molecule has 0 unspecified atom stereocenters. The highest BCUT2D eigenvalue weighted by Gasteiger charge is 2.17. The summed E-state index contributed by atoms with van der Waals surface area (Å²) in [6.45, 7) is 9.76. The van der Waals surface area contributed by atoms with E-state index < -0.39 is 0 Å². The Balaban J connectivity index is 1.43. The molecule has 1 aromatic carbocycles. The van der Waals surface area contributed by atoms with E-state index >= 15 is 0 Å². The topological polar surface area (TPSA) is 97.6 Å². The fraction of sp³-hybridized carbons (Fsp3) is 0.571. The Morgan fingerprint density at radius 2 is 1.77 bits per heavy atom. The number of benzene rings is 1. The summed E-state index contributed by atoms with van der Waals surface area (Å²) in [5.41, 5.74) is 1.95. The molecule has 0 amide bonds. The van der Waals surface area contributed by atoms with Crippen molar-refractivity contribution in [3.8, 4) is 6.01 Å². The Bertz CT molecular complexity index is 868. The first-order valence-electron chi connectivity index (χ1n) is 10.7. The molecule has 166 valence electrons. The molecule has 2 aliphatic heterocycles. The van der Waals surface area contributed by atoms with Crippen molar-refractivity contribution in [3.63, 3.8) is 0 Å². The molecule has 2 fully saturated rings. The predicted molar refractivity (Wildman–Crippen MR) is 115 cm³/mol. The summed E-state index contributed by atoms with van der Waals surface area (Å²) in [6.07, 6.45) is 0. The molecule has 10 heteroatoms. The van der Waals surface area contributed by atoms with Gasteiger partial charge >= 0.3 is 6.01 Å². The van der Waals surface area contributed by atoms with E-state index in [2.05, 4.69) is 35.0 Å². The maximum Gasteiger partial charge on any atom is 0.321 e. The van der Waals surface area contributed by atoms with Gasteiger partial charge in [0, 0.05) is 32.7 Å². The van der Waals surface area contributed by atoms with E-state index in [1.54, 1.807) is 0 Å². The Kier molecular flexibility index (Phi) is 7.70. The summed E-state index contributed by atoms with van der Waals surface area (Å²) < 4.78 is 16.7. The Morgan fingerprint density at radius 1 is 1.00 bits per heavy atom. The molecule has 10 nitrogen and oxygen atoms in total. The highest BCUT2D eigenvalue weighted by Crippen LogP contribution is 2.17. The average Bonchev–Trinajstić information content (AvgIpc) is 2.80. The molecule has 4 rings (SSSR count). The number of rotatable bonds is 8. The molecular weight excluding hydrogens is 398 g/mol. The molecule has 0 saturated carbocycles. The summed E-state index contributed by atoms with van der Waals surface area (Å²) in [6, 6.07) is 8.22.